The van der Waals surface area contributed by atoms with Crippen molar-refractivity contribution in [3.05, 3.63) is 75.3 Å². The molecule has 3 aromatic heterocycles. The number of aliphatic carboxylic acids is 1. The number of carboxylic acids is 1. The smallest absolute Gasteiger partial charge is 0.320 e. The zero-order chi connectivity index (χ0) is 29.7. The highest BCUT2D eigenvalue weighted by Crippen LogP contribution is 2.29. The summed E-state index contributed by atoms with van der Waals surface area (Å²) >= 11 is 6.51. The fraction of sp³-hybridized carbons (Fsp3) is 0.355. The number of rotatable bonds is 10. The van der Waals surface area contributed by atoms with Crippen molar-refractivity contribution in [2.75, 3.05) is 19.4 Å². The van der Waals surface area contributed by atoms with Crippen LogP contribution in [-0.4, -0.2) is 50.3 Å². The van der Waals surface area contributed by atoms with E-state index in [2.05, 4.69) is 32.1 Å². The molecule has 0 fully saturated rings. The fourth-order valence-corrected chi connectivity index (χ4v) is 5.07. The van der Waals surface area contributed by atoms with Gasteiger partial charge in [-0.25, -0.2) is 4.98 Å². The summed E-state index contributed by atoms with van der Waals surface area (Å²) in [7, 11) is 1.65. The van der Waals surface area contributed by atoms with E-state index in [0.717, 1.165) is 33.7 Å². The first-order valence-electron chi connectivity index (χ1n) is 13.4. The summed E-state index contributed by atoms with van der Waals surface area (Å²) in [5.74, 6) is 6.81. The van der Waals surface area contributed by atoms with E-state index in [9.17, 15) is 9.90 Å². The van der Waals surface area contributed by atoms with Crippen LogP contribution in [0.15, 0.2) is 36.7 Å². The molecule has 0 spiro atoms. The number of ether oxygens (including phenoxy) is 1. The highest BCUT2D eigenvalue weighted by Gasteiger charge is 2.18. The molecule has 0 radical (unpaired) electrons. The summed E-state index contributed by atoms with van der Waals surface area (Å²) in [6.45, 7) is 8.98. The van der Waals surface area contributed by atoms with Crippen LogP contribution in [-0.2, 0) is 17.8 Å². The summed E-state index contributed by atoms with van der Waals surface area (Å²) in [6.07, 6.45) is 4.99. The molecule has 1 atom stereocenters. The number of nitrogens with one attached hydrogen (secondary N) is 1. The van der Waals surface area contributed by atoms with E-state index in [1.807, 2.05) is 62.7 Å². The lowest BCUT2D eigenvalue weighted by Crippen LogP contribution is -2.38. The predicted molar refractivity (Wildman–Crippen MR) is 161 cm³/mol. The van der Waals surface area contributed by atoms with Gasteiger partial charge in [0, 0.05) is 29.1 Å². The van der Waals surface area contributed by atoms with Gasteiger partial charge in [-0.15, -0.1) is 0 Å². The minimum absolute atomic E-state index is 0.0801. The molecular formula is C31H35ClN6O3. The lowest BCUT2D eigenvalue weighted by Gasteiger charge is -2.16. The number of pyridine rings is 1. The number of hydrogen-bond donors (Lipinski definition) is 3. The number of anilines is 1. The molecule has 0 aliphatic carbocycles. The average Bonchev–Trinajstić information content (AvgIpc) is 3.26. The van der Waals surface area contributed by atoms with Crippen LogP contribution in [0.2, 0.25) is 5.15 Å². The number of halogens is 1. The second-order valence-electron chi connectivity index (χ2n) is 10.5. The molecular weight excluding hydrogens is 540 g/mol. The van der Waals surface area contributed by atoms with Crippen LogP contribution < -0.4 is 15.8 Å². The summed E-state index contributed by atoms with van der Waals surface area (Å²) in [5.41, 5.74) is 11.9. The first-order chi connectivity index (χ1) is 19.6. The van der Waals surface area contributed by atoms with Gasteiger partial charge in [-0.1, -0.05) is 49.4 Å². The largest absolute Gasteiger partial charge is 0.496 e. The van der Waals surface area contributed by atoms with Crippen molar-refractivity contribution >= 4 is 34.6 Å². The van der Waals surface area contributed by atoms with Crippen molar-refractivity contribution in [2.24, 2.45) is 5.92 Å². The highest BCUT2D eigenvalue weighted by molar-refractivity contribution is 6.34. The summed E-state index contributed by atoms with van der Waals surface area (Å²) < 4.78 is 7.49. The number of carboxylic acid groups (broad SMARTS) is 1. The van der Waals surface area contributed by atoms with Gasteiger partial charge in [0.2, 0.25) is 5.95 Å². The molecule has 3 heterocycles. The van der Waals surface area contributed by atoms with Crippen molar-refractivity contribution in [3.8, 4) is 17.6 Å². The molecule has 0 aliphatic rings. The molecule has 214 valence electrons. The molecule has 9 nitrogen and oxygen atoms in total. The van der Waals surface area contributed by atoms with E-state index < -0.39 is 12.0 Å². The van der Waals surface area contributed by atoms with Crippen molar-refractivity contribution in [3.63, 3.8) is 0 Å². The maximum absolute atomic E-state index is 11.5. The van der Waals surface area contributed by atoms with E-state index >= 15 is 0 Å². The zero-order valence-electron chi connectivity index (χ0n) is 24.0. The number of methoxy groups -OCH3 is 1. The Morgan fingerprint density at radius 1 is 1.20 bits per heavy atom. The predicted octanol–water partition coefficient (Wildman–Crippen LogP) is 4.77. The number of benzene rings is 1. The van der Waals surface area contributed by atoms with Gasteiger partial charge >= 0.3 is 5.97 Å². The lowest BCUT2D eigenvalue weighted by molar-refractivity contribution is -0.139. The molecule has 0 saturated carbocycles. The quantitative estimate of drug-likeness (QED) is 0.183. The third kappa shape index (κ3) is 7.15. The van der Waals surface area contributed by atoms with Gasteiger partial charge in [0.15, 0.2) is 0 Å². The first kappa shape index (κ1) is 29.8. The van der Waals surface area contributed by atoms with Crippen LogP contribution in [0, 0.1) is 31.6 Å². The van der Waals surface area contributed by atoms with E-state index in [1.54, 1.807) is 13.3 Å². The number of hydrogen-bond acceptors (Lipinski definition) is 7. The van der Waals surface area contributed by atoms with Gasteiger partial charge in [-0.3, -0.25) is 9.78 Å². The molecule has 41 heavy (non-hydrogen) atoms. The summed E-state index contributed by atoms with van der Waals surface area (Å²) in [6, 6.07) is 7.37. The minimum atomic E-state index is -0.816. The van der Waals surface area contributed by atoms with Crippen molar-refractivity contribution in [1.82, 2.24) is 24.8 Å². The van der Waals surface area contributed by atoms with E-state index in [1.165, 1.54) is 0 Å². The molecule has 4 N–H and O–H groups in total. The van der Waals surface area contributed by atoms with Gasteiger partial charge in [-0.05, 0) is 56.8 Å². The molecule has 4 rings (SSSR count). The third-order valence-corrected chi connectivity index (χ3v) is 7.14. The van der Waals surface area contributed by atoms with E-state index in [-0.39, 0.29) is 11.1 Å². The first-order valence-corrected chi connectivity index (χ1v) is 13.8. The van der Waals surface area contributed by atoms with Gasteiger partial charge in [0.05, 0.1) is 30.3 Å². The normalized spacial score (nSPS) is 11.9. The van der Waals surface area contributed by atoms with Crippen LogP contribution in [0.4, 0.5) is 5.95 Å². The lowest BCUT2D eigenvalue weighted by atomic mass is 10.0. The Bertz CT molecular complexity index is 1620. The summed E-state index contributed by atoms with van der Waals surface area (Å²) in [5, 5.41) is 13.4. The summed E-state index contributed by atoms with van der Waals surface area (Å²) in [4.78, 5) is 24.7. The van der Waals surface area contributed by atoms with E-state index in [4.69, 9.17) is 22.1 Å². The van der Waals surface area contributed by atoms with Crippen LogP contribution in [0.25, 0.3) is 11.0 Å². The van der Waals surface area contributed by atoms with Crippen molar-refractivity contribution in [1.29, 1.82) is 0 Å². The molecule has 0 bridgehead atoms. The minimum Gasteiger partial charge on any atom is -0.496 e. The Labute approximate surface area is 245 Å². The number of nitrogen functional groups attached to an aromatic ring is 1. The Hall–Kier alpha value is -4.13. The van der Waals surface area contributed by atoms with Crippen LogP contribution >= 0.6 is 11.6 Å². The Kier molecular flexibility index (Phi) is 9.48. The number of nitrogens with two attached hydrogens (primary N) is 1. The average molecular weight is 575 g/mol. The van der Waals surface area contributed by atoms with Crippen molar-refractivity contribution < 1.29 is 14.6 Å². The van der Waals surface area contributed by atoms with Crippen molar-refractivity contribution in [2.45, 2.75) is 53.1 Å². The van der Waals surface area contributed by atoms with Crippen LogP contribution in [0.5, 0.6) is 5.75 Å². The maximum atomic E-state index is 11.5. The Morgan fingerprint density at radius 3 is 2.59 bits per heavy atom. The Balaban J connectivity index is 1.55. The molecule has 0 unspecified atom stereocenters. The van der Waals surface area contributed by atoms with Crippen LogP contribution in [0.3, 0.4) is 0 Å². The second-order valence-corrected chi connectivity index (χ2v) is 10.8. The molecule has 4 aromatic rings. The SMILES string of the molecule is COc1c(C)cnc(Cn2cc(C#Cc3ccc(CCN[C@@H](CC(C)C)C(=O)O)cc3)c3c(Cl)nc(N)nc32)c1C. The zero-order valence-corrected chi connectivity index (χ0v) is 24.7. The fourth-order valence-electron chi connectivity index (χ4n) is 4.79. The molecule has 10 heteroatoms. The third-order valence-electron chi connectivity index (χ3n) is 6.86. The van der Waals surface area contributed by atoms with Crippen LogP contribution in [0.1, 0.15) is 53.8 Å². The molecule has 0 amide bonds. The topological polar surface area (TPSA) is 128 Å². The molecule has 0 aliphatic heterocycles. The number of aromatic nitrogens is 4. The van der Waals surface area contributed by atoms with Gasteiger partial charge in [0.25, 0.3) is 0 Å². The Morgan fingerprint density at radius 2 is 1.93 bits per heavy atom. The van der Waals surface area contributed by atoms with Gasteiger partial charge in [0.1, 0.15) is 22.6 Å². The molecule has 0 saturated heterocycles. The number of fused-ring (bicyclic) bond motifs is 1. The number of aryl methyl sites for hydroxylation is 1. The van der Waals surface area contributed by atoms with Gasteiger partial charge < -0.3 is 25.5 Å². The monoisotopic (exact) mass is 574 g/mol. The maximum Gasteiger partial charge on any atom is 0.320 e. The standard InChI is InChI=1S/C31H35ClN6O3/c1-18(2)14-24(30(39)40)34-13-12-22-8-6-21(7-9-22)10-11-23-16-38(29-26(23)28(32)36-31(33)37-29)17-25-20(4)27(41-5)19(3)15-35-25/h6-9,15-16,18,24,34H,12-14,17H2,1-5H3,(H,39,40)(H2,33,36,37)/t24-/m0/s1. The van der Waals surface area contributed by atoms with E-state index in [0.29, 0.717) is 48.4 Å². The van der Waals surface area contributed by atoms with Gasteiger partial charge in [-0.2, -0.15) is 4.98 Å². The number of carbonyl (C=O) groups is 1. The second kappa shape index (κ2) is 13.0. The number of nitrogens with zero attached hydrogens (tertiary/aromatic N) is 4. The highest BCUT2D eigenvalue weighted by atomic mass is 35.5. The molecule has 1 aromatic carbocycles.